The van der Waals surface area contributed by atoms with E-state index in [0.717, 1.165) is 55.9 Å². The summed E-state index contributed by atoms with van der Waals surface area (Å²) in [5.41, 5.74) is 2.12. The molecule has 1 fully saturated rings. The molecule has 0 spiro atoms. The van der Waals surface area contributed by atoms with Crippen molar-refractivity contribution >= 4 is 22.9 Å². The summed E-state index contributed by atoms with van der Waals surface area (Å²) >= 11 is 0. The summed E-state index contributed by atoms with van der Waals surface area (Å²) in [5.74, 6) is 1.13. The van der Waals surface area contributed by atoms with Gasteiger partial charge in [-0.2, -0.15) is 0 Å². The van der Waals surface area contributed by atoms with E-state index in [0.29, 0.717) is 6.54 Å². The van der Waals surface area contributed by atoms with E-state index in [9.17, 15) is 4.79 Å². The van der Waals surface area contributed by atoms with Crippen LogP contribution in [0.4, 0.5) is 5.95 Å². The Morgan fingerprint density at radius 1 is 1.33 bits per heavy atom. The molecule has 27 heavy (non-hydrogen) atoms. The third-order valence-corrected chi connectivity index (χ3v) is 5.29. The molecule has 1 aliphatic rings. The topological polar surface area (TPSA) is 68.0 Å². The van der Waals surface area contributed by atoms with Gasteiger partial charge < -0.3 is 19.4 Å². The number of hydrogen-bond acceptors (Lipinski definition) is 4. The molecule has 7 nitrogen and oxygen atoms in total. The van der Waals surface area contributed by atoms with E-state index in [4.69, 9.17) is 4.98 Å². The largest absolute Gasteiger partial charge is 0.356 e. The van der Waals surface area contributed by atoms with E-state index in [2.05, 4.69) is 25.8 Å². The van der Waals surface area contributed by atoms with Gasteiger partial charge in [0.05, 0.1) is 23.3 Å². The summed E-state index contributed by atoms with van der Waals surface area (Å²) in [4.78, 5) is 23.7. The number of carbonyl (C=O) groups excluding carboxylic acids is 1. The fraction of sp³-hybridized carbons (Fsp3) is 0.450. The number of anilines is 1. The van der Waals surface area contributed by atoms with E-state index < -0.39 is 0 Å². The van der Waals surface area contributed by atoms with Crippen molar-refractivity contribution in [2.45, 2.75) is 25.8 Å². The number of fused-ring (bicyclic) bond motifs is 1. The van der Waals surface area contributed by atoms with Gasteiger partial charge in [-0.05, 0) is 31.4 Å². The van der Waals surface area contributed by atoms with E-state index >= 15 is 0 Å². The molecule has 7 heteroatoms. The molecule has 3 heterocycles. The van der Waals surface area contributed by atoms with Crippen LogP contribution < -0.4 is 10.2 Å². The smallest absolute Gasteiger partial charge is 0.224 e. The third kappa shape index (κ3) is 3.82. The molecule has 0 unspecified atom stereocenters. The standard InChI is InChI=1S/C20H26N6O/c1-24-18-8-3-2-7-17(18)23-20(24)26-12-4-6-16(14-26)19(27)22-9-5-11-25-13-10-21-15-25/h2-3,7-8,10,13,15-16H,4-6,9,11-12,14H2,1H3,(H,22,27)/t16-/m0/s1. The molecule has 0 saturated carbocycles. The van der Waals surface area contributed by atoms with Crippen LogP contribution in [0, 0.1) is 5.92 Å². The number of imidazole rings is 2. The molecule has 1 aromatic carbocycles. The van der Waals surface area contributed by atoms with Crippen LogP contribution in [0.15, 0.2) is 43.0 Å². The number of aromatic nitrogens is 4. The predicted molar refractivity (Wildman–Crippen MR) is 106 cm³/mol. The molecule has 1 amide bonds. The Balaban J connectivity index is 1.34. The average Bonchev–Trinajstić information content (AvgIpc) is 3.33. The van der Waals surface area contributed by atoms with Gasteiger partial charge in [-0.25, -0.2) is 9.97 Å². The molecule has 1 saturated heterocycles. The van der Waals surface area contributed by atoms with Crippen LogP contribution in [-0.4, -0.2) is 44.6 Å². The minimum atomic E-state index is 0.0202. The van der Waals surface area contributed by atoms with Gasteiger partial charge in [-0.3, -0.25) is 4.79 Å². The Morgan fingerprint density at radius 3 is 3.04 bits per heavy atom. The van der Waals surface area contributed by atoms with Crippen molar-refractivity contribution < 1.29 is 4.79 Å². The van der Waals surface area contributed by atoms with Crippen molar-refractivity contribution in [3.8, 4) is 0 Å². The van der Waals surface area contributed by atoms with E-state index in [1.54, 1.807) is 12.5 Å². The van der Waals surface area contributed by atoms with Crippen molar-refractivity contribution in [2.24, 2.45) is 13.0 Å². The van der Waals surface area contributed by atoms with Crippen LogP contribution in [0.5, 0.6) is 0 Å². The van der Waals surface area contributed by atoms with Crippen LogP contribution in [0.1, 0.15) is 19.3 Å². The number of amides is 1. The lowest BCUT2D eigenvalue weighted by Gasteiger charge is -2.32. The number of benzene rings is 1. The maximum absolute atomic E-state index is 12.6. The molecule has 1 atom stereocenters. The number of aryl methyl sites for hydroxylation is 2. The molecule has 142 valence electrons. The van der Waals surface area contributed by atoms with Gasteiger partial charge in [0.25, 0.3) is 0 Å². The lowest BCUT2D eigenvalue weighted by atomic mass is 9.97. The van der Waals surface area contributed by atoms with Gasteiger partial charge in [-0.15, -0.1) is 0 Å². The second kappa shape index (κ2) is 7.82. The van der Waals surface area contributed by atoms with Gasteiger partial charge in [0, 0.05) is 45.6 Å². The van der Waals surface area contributed by atoms with Crippen molar-refractivity contribution in [3.63, 3.8) is 0 Å². The first kappa shape index (κ1) is 17.6. The molecular formula is C20H26N6O. The summed E-state index contributed by atoms with van der Waals surface area (Å²) < 4.78 is 4.15. The Bertz CT molecular complexity index is 900. The molecule has 1 aliphatic heterocycles. The van der Waals surface area contributed by atoms with Crippen molar-refractivity contribution in [3.05, 3.63) is 43.0 Å². The Labute approximate surface area is 159 Å². The zero-order valence-electron chi connectivity index (χ0n) is 15.7. The van der Waals surface area contributed by atoms with Crippen LogP contribution in [0.3, 0.4) is 0 Å². The van der Waals surface area contributed by atoms with E-state index in [1.807, 2.05) is 36.0 Å². The number of nitrogens with one attached hydrogen (secondary N) is 1. The van der Waals surface area contributed by atoms with Crippen LogP contribution in [0.2, 0.25) is 0 Å². The Hall–Kier alpha value is -2.83. The summed E-state index contributed by atoms with van der Waals surface area (Å²) in [6, 6.07) is 8.16. The van der Waals surface area contributed by atoms with Crippen molar-refractivity contribution in [1.82, 2.24) is 24.4 Å². The van der Waals surface area contributed by atoms with Crippen LogP contribution >= 0.6 is 0 Å². The van der Waals surface area contributed by atoms with Gasteiger partial charge >= 0.3 is 0 Å². The molecule has 0 bridgehead atoms. The maximum atomic E-state index is 12.6. The molecule has 4 rings (SSSR count). The minimum Gasteiger partial charge on any atom is -0.356 e. The molecule has 0 aliphatic carbocycles. The molecule has 2 aromatic heterocycles. The van der Waals surface area contributed by atoms with Crippen molar-refractivity contribution in [1.29, 1.82) is 0 Å². The second-order valence-electron chi connectivity index (χ2n) is 7.19. The highest BCUT2D eigenvalue weighted by Crippen LogP contribution is 2.25. The van der Waals surface area contributed by atoms with Crippen molar-refractivity contribution in [2.75, 3.05) is 24.5 Å². The monoisotopic (exact) mass is 366 g/mol. The highest BCUT2D eigenvalue weighted by Gasteiger charge is 2.27. The fourth-order valence-corrected chi connectivity index (χ4v) is 3.83. The first-order chi connectivity index (χ1) is 13.2. The number of hydrogen-bond donors (Lipinski definition) is 1. The summed E-state index contributed by atoms with van der Waals surface area (Å²) in [6.07, 6.45) is 8.37. The van der Waals surface area contributed by atoms with Crippen LogP contribution in [0.25, 0.3) is 11.0 Å². The maximum Gasteiger partial charge on any atom is 0.224 e. The average molecular weight is 366 g/mol. The van der Waals surface area contributed by atoms with Gasteiger partial charge in [0.1, 0.15) is 0 Å². The lowest BCUT2D eigenvalue weighted by Crippen LogP contribution is -2.44. The number of carbonyl (C=O) groups is 1. The Kier molecular flexibility index (Phi) is 5.09. The van der Waals surface area contributed by atoms with E-state index in [1.165, 1.54) is 0 Å². The molecule has 3 aromatic rings. The number of nitrogens with zero attached hydrogens (tertiary/aromatic N) is 5. The summed E-state index contributed by atoms with van der Waals surface area (Å²) in [5, 5.41) is 3.10. The Morgan fingerprint density at radius 2 is 2.22 bits per heavy atom. The van der Waals surface area contributed by atoms with Gasteiger partial charge in [0.2, 0.25) is 11.9 Å². The number of piperidine rings is 1. The van der Waals surface area contributed by atoms with Gasteiger partial charge in [0.15, 0.2) is 0 Å². The number of rotatable bonds is 6. The highest BCUT2D eigenvalue weighted by atomic mass is 16.1. The van der Waals surface area contributed by atoms with Crippen LogP contribution in [-0.2, 0) is 18.4 Å². The zero-order chi connectivity index (χ0) is 18.6. The predicted octanol–water partition coefficient (Wildman–Crippen LogP) is 2.19. The normalized spacial score (nSPS) is 17.4. The van der Waals surface area contributed by atoms with Gasteiger partial charge in [-0.1, -0.05) is 12.1 Å². The molecule has 1 N–H and O–H groups in total. The third-order valence-electron chi connectivity index (χ3n) is 5.29. The zero-order valence-corrected chi connectivity index (χ0v) is 15.7. The number of para-hydroxylation sites is 2. The SMILES string of the molecule is Cn1c(N2CCC[C@H](C(=O)NCCCn3ccnc3)C2)nc2ccccc21. The summed E-state index contributed by atoms with van der Waals surface area (Å²) in [7, 11) is 2.05. The quantitative estimate of drug-likeness (QED) is 0.679. The minimum absolute atomic E-state index is 0.0202. The molecule has 0 radical (unpaired) electrons. The summed E-state index contributed by atoms with van der Waals surface area (Å²) in [6.45, 7) is 3.24. The molecular weight excluding hydrogens is 340 g/mol. The first-order valence-electron chi connectivity index (χ1n) is 9.62. The first-order valence-corrected chi connectivity index (χ1v) is 9.62. The lowest BCUT2D eigenvalue weighted by molar-refractivity contribution is -0.125. The second-order valence-corrected chi connectivity index (χ2v) is 7.19. The van der Waals surface area contributed by atoms with E-state index in [-0.39, 0.29) is 11.8 Å². The highest BCUT2D eigenvalue weighted by molar-refractivity contribution is 5.81. The fourth-order valence-electron chi connectivity index (χ4n) is 3.83.